The van der Waals surface area contributed by atoms with Crippen LogP contribution in [0.2, 0.25) is 0 Å². The second-order valence-electron chi connectivity index (χ2n) is 9.43. The molecule has 1 N–H and O–H groups in total. The van der Waals surface area contributed by atoms with Crippen molar-refractivity contribution in [2.24, 2.45) is 0 Å². The predicted octanol–water partition coefficient (Wildman–Crippen LogP) is 2.77. The van der Waals surface area contributed by atoms with Crippen LogP contribution in [0.15, 0.2) is 47.4 Å². The summed E-state index contributed by atoms with van der Waals surface area (Å²) in [6, 6.07) is 11.7. The van der Waals surface area contributed by atoms with Crippen LogP contribution in [0.1, 0.15) is 31.9 Å². The van der Waals surface area contributed by atoms with Crippen LogP contribution in [0, 0.1) is 0 Å². The third kappa shape index (κ3) is 5.88. The smallest absolute Gasteiger partial charge is 0.183 e. The molecular weight excluding hydrogens is 462 g/mol. The SMILES string of the molecule is COc1ccc(CCN[C@H]2CS(=O)(=O)C[C@H]2S(=O)(=O)c2ccc(C(C)(C)C)cc2)cc1OC. The zero-order chi connectivity index (χ0) is 24.4. The van der Waals surface area contributed by atoms with Gasteiger partial charge < -0.3 is 14.8 Å². The summed E-state index contributed by atoms with van der Waals surface area (Å²) in [6.07, 6.45) is 0.587. The van der Waals surface area contributed by atoms with Crippen molar-refractivity contribution in [3.63, 3.8) is 0 Å². The Labute approximate surface area is 197 Å². The molecule has 33 heavy (non-hydrogen) atoms. The van der Waals surface area contributed by atoms with Crippen molar-refractivity contribution >= 4 is 19.7 Å². The van der Waals surface area contributed by atoms with E-state index in [9.17, 15) is 16.8 Å². The molecule has 3 rings (SSSR count). The van der Waals surface area contributed by atoms with E-state index in [1.165, 1.54) is 0 Å². The highest BCUT2D eigenvalue weighted by Crippen LogP contribution is 2.30. The van der Waals surface area contributed by atoms with E-state index >= 15 is 0 Å². The van der Waals surface area contributed by atoms with E-state index in [1.54, 1.807) is 38.5 Å². The van der Waals surface area contributed by atoms with Gasteiger partial charge in [-0.25, -0.2) is 16.8 Å². The van der Waals surface area contributed by atoms with Gasteiger partial charge in [-0.1, -0.05) is 39.0 Å². The quantitative estimate of drug-likeness (QED) is 0.601. The normalized spacial score (nSPS) is 20.5. The second kappa shape index (κ2) is 9.64. The van der Waals surface area contributed by atoms with Crippen molar-refractivity contribution in [3.05, 3.63) is 53.6 Å². The summed E-state index contributed by atoms with van der Waals surface area (Å²) >= 11 is 0. The van der Waals surface area contributed by atoms with Gasteiger partial charge in [0.25, 0.3) is 0 Å². The van der Waals surface area contributed by atoms with Gasteiger partial charge in [0.05, 0.1) is 35.9 Å². The Hall–Kier alpha value is -2.10. The fourth-order valence-electron chi connectivity index (χ4n) is 4.07. The third-order valence-corrected chi connectivity index (χ3v) is 10.2. The Morgan fingerprint density at radius 3 is 2.18 bits per heavy atom. The van der Waals surface area contributed by atoms with Crippen LogP contribution in [-0.2, 0) is 31.5 Å². The molecule has 182 valence electrons. The van der Waals surface area contributed by atoms with Crippen LogP contribution < -0.4 is 14.8 Å². The van der Waals surface area contributed by atoms with E-state index in [0.29, 0.717) is 24.5 Å². The molecular formula is C24H33NO6S2. The Bertz CT molecular complexity index is 1180. The number of hydrogen-bond donors (Lipinski definition) is 1. The Morgan fingerprint density at radius 1 is 0.970 bits per heavy atom. The maximum absolute atomic E-state index is 13.3. The lowest BCUT2D eigenvalue weighted by Crippen LogP contribution is -2.44. The largest absolute Gasteiger partial charge is 0.493 e. The Balaban J connectivity index is 1.75. The molecule has 0 unspecified atom stereocenters. The summed E-state index contributed by atoms with van der Waals surface area (Å²) in [5.74, 6) is 0.671. The molecule has 1 aliphatic rings. The topological polar surface area (TPSA) is 98.8 Å². The van der Waals surface area contributed by atoms with Crippen molar-refractivity contribution in [1.82, 2.24) is 5.32 Å². The zero-order valence-corrected chi connectivity index (χ0v) is 21.4. The fraction of sp³-hybridized carbons (Fsp3) is 0.500. The van der Waals surface area contributed by atoms with Crippen molar-refractivity contribution in [3.8, 4) is 11.5 Å². The highest BCUT2D eigenvalue weighted by molar-refractivity contribution is 7.96. The molecule has 1 saturated heterocycles. The van der Waals surface area contributed by atoms with E-state index in [2.05, 4.69) is 26.1 Å². The van der Waals surface area contributed by atoms with Crippen LogP contribution in [0.3, 0.4) is 0 Å². The highest BCUT2D eigenvalue weighted by Gasteiger charge is 2.45. The molecule has 2 aromatic carbocycles. The Morgan fingerprint density at radius 2 is 1.61 bits per heavy atom. The minimum Gasteiger partial charge on any atom is -0.493 e. The van der Waals surface area contributed by atoms with E-state index in [-0.39, 0.29) is 21.8 Å². The van der Waals surface area contributed by atoms with Crippen LogP contribution in [0.25, 0.3) is 0 Å². The van der Waals surface area contributed by atoms with Gasteiger partial charge in [-0.2, -0.15) is 0 Å². The first-order chi connectivity index (χ1) is 15.4. The third-order valence-electron chi connectivity index (χ3n) is 6.02. The number of ether oxygens (including phenoxy) is 2. The molecule has 0 aromatic heterocycles. The maximum Gasteiger partial charge on any atom is 0.183 e. The minimum absolute atomic E-state index is 0.104. The second-order valence-corrected chi connectivity index (χ2v) is 13.8. The first kappa shape index (κ1) is 25.5. The number of hydrogen-bond acceptors (Lipinski definition) is 7. The van der Waals surface area contributed by atoms with Gasteiger partial charge in [0.2, 0.25) is 0 Å². The van der Waals surface area contributed by atoms with Gasteiger partial charge in [-0.3, -0.25) is 0 Å². The summed E-state index contributed by atoms with van der Waals surface area (Å²) in [4.78, 5) is 0.157. The van der Waals surface area contributed by atoms with Gasteiger partial charge in [0.15, 0.2) is 31.2 Å². The molecule has 0 amide bonds. The molecule has 2 atom stereocenters. The van der Waals surface area contributed by atoms with E-state index < -0.39 is 31.0 Å². The molecule has 1 aliphatic heterocycles. The summed E-state index contributed by atoms with van der Waals surface area (Å²) in [5, 5.41) is 2.16. The van der Waals surface area contributed by atoms with Crippen molar-refractivity contribution in [2.75, 3.05) is 32.3 Å². The summed E-state index contributed by atoms with van der Waals surface area (Å²) < 4.78 is 62.0. The Kier molecular flexibility index (Phi) is 7.45. The fourth-order valence-corrected chi connectivity index (χ4v) is 8.79. The number of rotatable bonds is 8. The monoisotopic (exact) mass is 495 g/mol. The van der Waals surface area contributed by atoms with Crippen molar-refractivity contribution in [1.29, 1.82) is 0 Å². The van der Waals surface area contributed by atoms with E-state index in [1.807, 2.05) is 18.2 Å². The van der Waals surface area contributed by atoms with Crippen LogP contribution in [0.4, 0.5) is 0 Å². The van der Waals surface area contributed by atoms with Crippen molar-refractivity contribution in [2.45, 2.75) is 48.8 Å². The zero-order valence-electron chi connectivity index (χ0n) is 19.8. The van der Waals surface area contributed by atoms with E-state index in [4.69, 9.17) is 9.47 Å². The van der Waals surface area contributed by atoms with Gasteiger partial charge in [-0.05, 0) is 53.8 Å². The van der Waals surface area contributed by atoms with Crippen molar-refractivity contribution < 1.29 is 26.3 Å². The van der Waals surface area contributed by atoms with Crippen LogP contribution in [-0.4, -0.2) is 60.4 Å². The first-order valence-corrected chi connectivity index (χ1v) is 14.2. The highest BCUT2D eigenvalue weighted by atomic mass is 32.2. The average Bonchev–Trinajstić information content (AvgIpc) is 3.08. The number of benzene rings is 2. The lowest BCUT2D eigenvalue weighted by atomic mass is 9.87. The first-order valence-electron chi connectivity index (χ1n) is 10.9. The maximum atomic E-state index is 13.3. The standard InChI is InChI=1S/C24H33NO6S2/c1-24(2,3)18-7-9-19(10-8-18)33(28,29)23-16-32(26,27)15-20(23)25-13-12-17-6-11-21(30-4)22(14-17)31-5/h6-11,14,20,23,25H,12-13,15-16H2,1-5H3/t20-,23+/m0/s1. The molecule has 0 aliphatic carbocycles. The van der Waals surface area contributed by atoms with Crippen LogP contribution >= 0.6 is 0 Å². The van der Waals surface area contributed by atoms with Gasteiger partial charge in [0, 0.05) is 6.04 Å². The summed E-state index contributed by atoms with van der Waals surface area (Å²) in [7, 11) is -4.15. The van der Waals surface area contributed by atoms with E-state index in [0.717, 1.165) is 11.1 Å². The number of methoxy groups -OCH3 is 2. The molecule has 0 bridgehead atoms. The molecule has 9 heteroatoms. The lowest BCUT2D eigenvalue weighted by Gasteiger charge is -2.22. The van der Waals surface area contributed by atoms with Crippen LogP contribution in [0.5, 0.6) is 11.5 Å². The predicted molar refractivity (Wildman–Crippen MR) is 130 cm³/mol. The van der Waals surface area contributed by atoms with Gasteiger partial charge in [0.1, 0.15) is 0 Å². The minimum atomic E-state index is -3.81. The van der Waals surface area contributed by atoms with Gasteiger partial charge in [-0.15, -0.1) is 0 Å². The molecule has 0 radical (unpaired) electrons. The molecule has 7 nitrogen and oxygen atoms in total. The van der Waals surface area contributed by atoms with Gasteiger partial charge >= 0.3 is 0 Å². The molecule has 0 saturated carbocycles. The molecule has 1 heterocycles. The summed E-state index contributed by atoms with van der Waals surface area (Å²) in [5.41, 5.74) is 1.89. The molecule has 0 spiro atoms. The number of sulfone groups is 2. The molecule has 2 aromatic rings. The average molecular weight is 496 g/mol. The number of nitrogens with one attached hydrogen (secondary N) is 1. The summed E-state index contributed by atoms with van der Waals surface area (Å²) in [6.45, 7) is 6.60. The lowest BCUT2D eigenvalue weighted by molar-refractivity contribution is 0.354. The molecule has 1 fully saturated rings.